The summed E-state index contributed by atoms with van der Waals surface area (Å²) in [7, 11) is 1.65. The van der Waals surface area contributed by atoms with E-state index in [1.165, 1.54) is 0 Å². The molecule has 7 nitrogen and oxygen atoms in total. The van der Waals surface area contributed by atoms with Gasteiger partial charge in [0, 0.05) is 18.9 Å². The van der Waals surface area contributed by atoms with Gasteiger partial charge in [-0.3, -0.25) is 0 Å². The first-order valence-corrected chi connectivity index (χ1v) is 8.05. The zero-order chi connectivity index (χ0) is 16.5. The maximum atomic E-state index is 10.9. The van der Waals surface area contributed by atoms with Gasteiger partial charge in [-0.25, -0.2) is 4.98 Å². The SMILES string of the molecule is COc1cccc(CN[C@H]2[C@H](O)[C@@H](n3ccnc3)[C@@H]3OC[C@H]2O3)c1. The summed E-state index contributed by atoms with van der Waals surface area (Å²) in [5.41, 5.74) is 1.08. The number of rotatable bonds is 5. The highest BCUT2D eigenvalue weighted by Gasteiger charge is 2.50. The summed E-state index contributed by atoms with van der Waals surface area (Å²) < 4.78 is 18.7. The minimum Gasteiger partial charge on any atom is -0.497 e. The van der Waals surface area contributed by atoms with E-state index in [9.17, 15) is 5.11 Å². The third-order valence-electron chi connectivity index (χ3n) is 4.68. The summed E-state index contributed by atoms with van der Waals surface area (Å²) in [6, 6.07) is 7.33. The lowest BCUT2D eigenvalue weighted by molar-refractivity contribution is -0.165. The fourth-order valence-electron chi connectivity index (χ4n) is 3.43. The highest BCUT2D eigenvalue weighted by molar-refractivity contribution is 5.28. The molecule has 2 N–H and O–H groups in total. The van der Waals surface area contributed by atoms with Crippen molar-refractivity contribution in [3.8, 4) is 5.75 Å². The molecule has 4 rings (SSSR count). The molecule has 5 atom stereocenters. The van der Waals surface area contributed by atoms with Crippen molar-refractivity contribution >= 4 is 0 Å². The van der Waals surface area contributed by atoms with Gasteiger partial charge in [-0.05, 0) is 17.7 Å². The van der Waals surface area contributed by atoms with Gasteiger partial charge in [0.25, 0.3) is 0 Å². The molecule has 2 aliphatic heterocycles. The van der Waals surface area contributed by atoms with Crippen LogP contribution in [0, 0.1) is 0 Å². The van der Waals surface area contributed by atoms with Gasteiger partial charge in [-0.2, -0.15) is 0 Å². The first-order valence-electron chi connectivity index (χ1n) is 8.05. The number of aliphatic hydroxyl groups is 1. The average Bonchev–Trinajstić information content (AvgIpc) is 3.27. The Balaban J connectivity index is 1.49. The first kappa shape index (κ1) is 15.6. The number of methoxy groups -OCH3 is 1. The van der Waals surface area contributed by atoms with E-state index in [-0.39, 0.29) is 18.2 Å². The molecule has 0 unspecified atom stereocenters. The maximum absolute atomic E-state index is 10.9. The Labute approximate surface area is 140 Å². The van der Waals surface area contributed by atoms with Crippen LogP contribution in [0.1, 0.15) is 11.6 Å². The molecule has 0 spiro atoms. The second-order valence-corrected chi connectivity index (χ2v) is 6.13. The summed E-state index contributed by atoms with van der Waals surface area (Å²) in [6.07, 6.45) is 3.96. The van der Waals surface area contributed by atoms with Crippen LogP contribution < -0.4 is 10.1 Å². The monoisotopic (exact) mass is 331 g/mol. The Morgan fingerprint density at radius 2 is 2.38 bits per heavy atom. The number of aliphatic hydroxyl groups excluding tert-OH is 1. The van der Waals surface area contributed by atoms with E-state index in [0.717, 1.165) is 11.3 Å². The van der Waals surface area contributed by atoms with Crippen molar-refractivity contribution in [2.45, 2.75) is 37.1 Å². The Bertz CT molecular complexity index is 678. The minimum absolute atomic E-state index is 0.157. The minimum atomic E-state index is -0.629. The fourth-order valence-corrected chi connectivity index (χ4v) is 3.43. The van der Waals surface area contributed by atoms with Gasteiger partial charge >= 0.3 is 0 Å². The Morgan fingerprint density at radius 3 is 3.17 bits per heavy atom. The normalized spacial score (nSPS) is 32.0. The van der Waals surface area contributed by atoms with E-state index in [1.807, 2.05) is 35.0 Å². The number of nitrogens with zero attached hydrogens (tertiary/aromatic N) is 2. The summed E-state index contributed by atoms with van der Waals surface area (Å²) >= 11 is 0. The van der Waals surface area contributed by atoms with E-state index in [1.54, 1.807) is 19.6 Å². The third kappa shape index (κ3) is 2.80. The van der Waals surface area contributed by atoms with Crippen LogP contribution in [0.4, 0.5) is 0 Å². The van der Waals surface area contributed by atoms with Gasteiger partial charge in [0.1, 0.15) is 17.9 Å². The molecule has 7 heteroatoms. The molecular weight excluding hydrogens is 310 g/mol. The molecule has 2 saturated heterocycles. The lowest BCUT2D eigenvalue weighted by Crippen LogP contribution is -2.57. The van der Waals surface area contributed by atoms with Crippen LogP contribution in [-0.4, -0.2) is 52.9 Å². The largest absolute Gasteiger partial charge is 0.497 e. The third-order valence-corrected chi connectivity index (χ3v) is 4.68. The van der Waals surface area contributed by atoms with Gasteiger partial charge in [0.05, 0.1) is 32.2 Å². The predicted molar refractivity (Wildman–Crippen MR) is 85.5 cm³/mol. The molecular formula is C17H21N3O4. The van der Waals surface area contributed by atoms with Crippen molar-refractivity contribution in [2.75, 3.05) is 13.7 Å². The second kappa shape index (κ2) is 6.52. The topological polar surface area (TPSA) is 77.8 Å². The summed E-state index contributed by atoms with van der Waals surface area (Å²) in [4.78, 5) is 4.06. The zero-order valence-electron chi connectivity index (χ0n) is 13.4. The highest BCUT2D eigenvalue weighted by Crippen LogP contribution is 2.35. The fraction of sp³-hybridized carbons (Fsp3) is 0.471. The molecule has 2 fully saturated rings. The number of nitrogens with one attached hydrogen (secondary N) is 1. The molecule has 2 aromatic rings. The first-order chi connectivity index (χ1) is 11.8. The Morgan fingerprint density at radius 1 is 1.46 bits per heavy atom. The van der Waals surface area contributed by atoms with Gasteiger partial charge < -0.3 is 29.2 Å². The van der Waals surface area contributed by atoms with E-state index in [2.05, 4.69) is 10.3 Å². The van der Waals surface area contributed by atoms with E-state index < -0.39 is 12.4 Å². The molecule has 1 aromatic carbocycles. The summed E-state index contributed by atoms with van der Waals surface area (Å²) in [5.74, 6) is 0.815. The van der Waals surface area contributed by atoms with Crippen molar-refractivity contribution in [3.63, 3.8) is 0 Å². The Hall–Kier alpha value is -1.93. The van der Waals surface area contributed by atoms with Crippen LogP contribution in [0.2, 0.25) is 0 Å². The lowest BCUT2D eigenvalue weighted by atomic mass is 9.95. The molecule has 2 bridgehead atoms. The molecule has 128 valence electrons. The quantitative estimate of drug-likeness (QED) is 0.840. The summed E-state index contributed by atoms with van der Waals surface area (Å²) in [5, 5.41) is 14.3. The molecule has 24 heavy (non-hydrogen) atoms. The number of ether oxygens (including phenoxy) is 3. The number of hydrogen-bond acceptors (Lipinski definition) is 6. The van der Waals surface area contributed by atoms with Crippen LogP contribution in [0.15, 0.2) is 43.0 Å². The van der Waals surface area contributed by atoms with Gasteiger partial charge in [0.15, 0.2) is 6.29 Å². The predicted octanol–water partition coefficient (Wildman–Crippen LogP) is 0.707. The van der Waals surface area contributed by atoms with Crippen LogP contribution in [0.3, 0.4) is 0 Å². The molecule has 0 radical (unpaired) electrons. The Kier molecular flexibility index (Phi) is 4.24. The molecule has 1 aromatic heterocycles. The number of imidazole rings is 1. The lowest BCUT2D eigenvalue weighted by Gasteiger charge is -2.39. The second-order valence-electron chi connectivity index (χ2n) is 6.13. The van der Waals surface area contributed by atoms with Crippen molar-refractivity contribution in [2.24, 2.45) is 0 Å². The zero-order valence-corrected chi connectivity index (χ0v) is 13.4. The van der Waals surface area contributed by atoms with Crippen LogP contribution >= 0.6 is 0 Å². The molecule has 0 aliphatic carbocycles. The van der Waals surface area contributed by atoms with Crippen molar-refractivity contribution in [1.82, 2.24) is 14.9 Å². The number of benzene rings is 1. The van der Waals surface area contributed by atoms with Crippen molar-refractivity contribution in [1.29, 1.82) is 0 Å². The van der Waals surface area contributed by atoms with Gasteiger partial charge in [-0.15, -0.1) is 0 Å². The van der Waals surface area contributed by atoms with Crippen LogP contribution in [0.5, 0.6) is 5.75 Å². The van der Waals surface area contributed by atoms with E-state index in [4.69, 9.17) is 14.2 Å². The molecule has 3 heterocycles. The average molecular weight is 331 g/mol. The van der Waals surface area contributed by atoms with Crippen LogP contribution in [0.25, 0.3) is 0 Å². The van der Waals surface area contributed by atoms with Gasteiger partial charge in [0.2, 0.25) is 0 Å². The smallest absolute Gasteiger partial charge is 0.181 e. The van der Waals surface area contributed by atoms with Crippen molar-refractivity contribution < 1.29 is 19.3 Å². The number of hydrogen-bond donors (Lipinski definition) is 2. The molecule has 0 amide bonds. The number of aromatic nitrogens is 2. The standard InChI is InChI=1S/C17H21N3O4/c1-22-12-4-2-3-11(7-12)8-19-14-13-9-23-17(24-13)15(16(14)21)20-6-5-18-10-20/h2-7,10,13-17,19,21H,8-9H2,1H3/t13-,14-,15-,16+,17-/m1/s1. The van der Waals surface area contributed by atoms with Crippen molar-refractivity contribution in [3.05, 3.63) is 48.5 Å². The molecule has 2 aliphatic rings. The molecule has 0 saturated carbocycles. The van der Waals surface area contributed by atoms with E-state index >= 15 is 0 Å². The highest BCUT2D eigenvalue weighted by atomic mass is 16.7. The maximum Gasteiger partial charge on any atom is 0.181 e. The van der Waals surface area contributed by atoms with E-state index in [0.29, 0.717) is 13.2 Å². The van der Waals surface area contributed by atoms with Gasteiger partial charge in [-0.1, -0.05) is 12.1 Å². The summed E-state index contributed by atoms with van der Waals surface area (Å²) in [6.45, 7) is 1.09. The number of fused-ring (bicyclic) bond motifs is 2. The van der Waals surface area contributed by atoms with Crippen LogP contribution in [-0.2, 0) is 16.0 Å².